The minimum atomic E-state index is -0.334. The van der Waals surface area contributed by atoms with E-state index in [1.807, 2.05) is 0 Å². The van der Waals surface area contributed by atoms with Crippen molar-refractivity contribution in [2.75, 3.05) is 25.7 Å². The van der Waals surface area contributed by atoms with E-state index in [1.165, 1.54) is 4.90 Å². The minimum absolute atomic E-state index is 0.0987. The van der Waals surface area contributed by atoms with Crippen molar-refractivity contribution in [3.8, 4) is 11.5 Å². The molecule has 2 aromatic carbocycles. The molecular weight excluding hydrogens is 332 g/mol. The molecule has 0 aliphatic carbocycles. The molecule has 0 saturated heterocycles. The molecule has 6 nitrogen and oxygen atoms in total. The number of halogens is 1. The van der Waals surface area contributed by atoms with Gasteiger partial charge >= 0.3 is 0 Å². The van der Waals surface area contributed by atoms with Crippen molar-refractivity contribution < 1.29 is 19.1 Å². The number of benzene rings is 2. The van der Waals surface area contributed by atoms with Crippen LogP contribution in [-0.4, -0.2) is 37.1 Å². The van der Waals surface area contributed by atoms with Gasteiger partial charge in [0.2, 0.25) is 12.7 Å². The Hall–Kier alpha value is -2.73. The van der Waals surface area contributed by atoms with Crippen molar-refractivity contribution in [1.29, 1.82) is 0 Å². The third-order valence-corrected chi connectivity index (χ3v) is 3.82. The predicted octanol–water partition coefficient (Wildman–Crippen LogP) is 2.78. The quantitative estimate of drug-likeness (QED) is 0.924. The molecule has 0 bridgehead atoms. The summed E-state index contributed by atoms with van der Waals surface area (Å²) in [6, 6.07) is 11.8. The number of likely N-dealkylation sites (N-methyl/N-ethyl adjacent to an activating group) is 1. The van der Waals surface area contributed by atoms with Gasteiger partial charge in [0.05, 0.1) is 17.3 Å². The summed E-state index contributed by atoms with van der Waals surface area (Å²) in [7, 11) is 1.55. The molecule has 0 radical (unpaired) electrons. The van der Waals surface area contributed by atoms with E-state index in [1.54, 1.807) is 49.5 Å². The van der Waals surface area contributed by atoms with Crippen molar-refractivity contribution in [1.82, 2.24) is 4.90 Å². The highest BCUT2D eigenvalue weighted by atomic mass is 35.5. The van der Waals surface area contributed by atoms with Crippen molar-refractivity contribution in [2.45, 2.75) is 0 Å². The molecule has 24 heavy (non-hydrogen) atoms. The van der Waals surface area contributed by atoms with Crippen molar-refractivity contribution in [3.05, 3.63) is 53.1 Å². The van der Waals surface area contributed by atoms with Gasteiger partial charge < -0.3 is 19.7 Å². The number of fused-ring (bicyclic) bond motifs is 1. The van der Waals surface area contributed by atoms with E-state index < -0.39 is 0 Å². The summed E-state index contributed by atoms with van der Waals surface area (Å²) in [6.07, 6.45) is 0. The SMILES string of the molecule is CN(CC(=O)Nc1ccccc1Cl)C(=O)c1ccc2c(c1)OCO2. The first-order valence-electron chi connectivity index (χ1n) is 7.24. The highest BCUT2D eigenvalue weighted by molar-refractivity contribution is 6.33. The number of carbonyl (C=O) groups excluding carboxylic acids is 2. The highest BCUT2D eigenvalue weighted by Crippen LogP contribution is 2.32. The monoisotopic (exact) mass is 346 g/mol. The lowest BCUT2D eigenvalue weighted by Gasteiger charge is -2.17. The number of nitrogens with one attached hydrogen (secondary N) is 1. The molecule has 1 aliphatic heterocycles. The van der Waals surface area contributed by atoms with Gasteiger partial charge in [0.25, 0.3) is 5.91 Å². The van der Waals surface area contributed by atoms with Crippen LogP contribution in [0.3, 0.4) is 0 Å². The lowest BCUT2D eigenvalue weighted by molar-refractivity contribution is -0.116. The highest BCUT2D eigenvalue weighted by Gasteiger charge is 2.20. The van der Waals surface area contributed by atoms with Gasteiger partial charge in [-0.3, -0.25) is 9.59 Å². The smallest absolute Gasteiger partial charge is 0.254 e. The molecule has 1 heterocycles. The Morgan fingerprint density at radius 2 is 1.92 bits per heavy atom. The van der Waals surface area contributed by atoms with Gasteiger partial charge in [0, 0.05) is 12.6 Å². The molecule has 7 heteroatoms. The molecule has 0 aromatic heterocycles. The van der Waals surface area contributed by atoms with Crippen LogP contribution >= 0.6 is 11.6 Å². The normalized spacial score (nSPS) is 11.9. The van der Waals surface area contributed by atoms with E-state index >= 15 is 0 Å². The predicted molar refractivity (Wildman–Crippen MR) is 89.6 cm³/mol. The Balaban J connectivity index is 1.64. The van der Waals surface area contributed by atoms with Crippen LogP contribution in [0.1, 0.15) is 10.4 Å². The zero-order chi connectivity index (χ0) is 17.1. The number of hydrogen-bond acceptors (Lipinski definition) is 4. The molecule has 1 N–H and O–H groups in total. The second-order valence-electron chi connectivity index (χ2n) is 5.26. The fraction of sp³-hybridized carbons (Fsp3) is 0.176. The van der Waals surface area contributed by atoms with Gasteiger partial charge in [0.1, 0.15) is 0 Å². The van der Waals surface area contributed by atoms with Crippen LogP contribution < -0.4 is 14.8 Å². The number of rotatable bonds is 4. The number of para-hydroxylation sites is 1. The number of ether oxygens (including phenoxy) is 2. The maximum absolute atomic E-state index is 12.4. The molecule has 2 aromatic rings. The molecular formula is C17H15ClN2O4. The maximum atomic E-state index is 12.4. The molecule has 3 rings (SSSR count). The van der Waals surface area contributed by atoms with Crippen molar-refractivity contribution >= 4 is 29.1 Å². The van der Waals surface area contributed by atoms with Gasteiger partial charge in [-0.05, 0) is 30.3 Å². The fourth-order valence-electron chi connectivity index (χ4n) is 2.29. The van der Waals surface area contributed by atoms with Gasteiger partial charge in [0.15, 0.2) is 11.5 Å². The lowest BCUT2D eigenvalue weighted by Crippen LogP contribution is -2.34. The van der Waals surface area contributed by atoms with Crippen LogP contribution in [0.15, 0.2) is 42.5 Å². The van der Waals surface area contributed by atoms with Crippen LogP contribution in [0.5, 0.6) is 11.5 Å². The van der Waals surface area contributed by atoms with E-state index in [2.05, 4.69) is 5.32 Å². The second-order valence-corrected chi connectivity index (χ2v) is 5.66. The largest absolute Gasteiger partial charge is 0.454 e. The van der Waals surface area contributed by atoms with Crippen molar-refractivity contribution in [2.24, 2.45) is 0 Å². The Kier molecular flexibility index (Phi) is 4.57. The summed E-state index contributed by atoms with van der Waals surface area (Å²) in [6.45, 7) is 0.0432. The third kappa shape index (κ3) is 3.44. The summed E-state index contributed by atoms with van der Waals surface area (Å²) in [5.74, 6) is 0.503. The van der Waals surface area contributed by atoms with Gasteiger partial charge in [-0.1, -0.05) is 23.7 Å². The first-order valence-corrected chi connectivity index (χ1v) is 7.62. The van der Waals surface area contributed by atoms with Crippen molar-refractivity contribution in [3.63, 3.8) is 0 Å². The topological polar surface area (TPSA) is 67.9 Å². The summed E-state index contributed by atoms with van der Waals surface area (Å²) in [5, 5.41) is 3.12. The third-order valence-electron chi connectivity index (χ3n) is 3.49. The molecule has 124 valence electrons. The molecule has 0 spiro atoms. The molecule has 0 fully saturated rings. The molecule has 1 aliphatic rings. The van der Waals surface area contributed by atoms with Gasteiger partial charge in [-0.25, -0.2) is 0 Å². The molecule has 0 atom stereocenters. The molecule has 0 saturated carbocycles. The summed E-state index contributed by atoms with van der Waals surface area (Å²) >= 11 is 6.00. The van der Waals surface area contributed by atoms with Gasteiger partial charge in [-0.2, -0.15) is 0 Å². The van der Waals surface area contributed by atoms with E-state index in [0.717, 1.165) is 0 Å². The average Bonchev–Trinajstić information content (AvgIpc) is 3.03. The number of amides is 2. The Bertz CT molecular complexity index is 794. The average molecular weight is 347 g/mol. The number of carbonyl (C=O) groups is 2. The standard InChI is InChI=1S/C17H15ClN2O4/c1-20(9-16(21)19-13-5-3-2-4-12(13)18)17(22)11-6-7-14-15(8-11)24-10-23-14/h2-8H,9-10H2,1H3,(H,19,21). The Labute approximate surface area is 143 Å². The van der Waals surface area contributed by atoms with E-state index in [0.29, 0.717) is 27.8 Å². The molecule has 2 amide bonds. The van der Waals surface area contributed by atoms with E-state index in [-0.39, 0.29) is 25.2 Å². The first kappa shape index (κ1) is 16.1. The fourth-order valence-corrected chi connectivity index (χ4v) is 2.47. The Morgan fingerprint density at radius 3 is 2.71 bits per heavy atom. The van der Waals surface area contributed by atoms with E-state index in [9.17, 15) is 9.59 Å². The van der Waals surface area contributed by atoms with Crippen LogP contribution in [0.4, 0.5) is 5.69 Å². The van der Waals surface area contributed by atoms with Crippen LogP contribution in [0, 0.1) is 0 Å². The van der Waals surface area contributed by atoms with E-state index in [4.69, 9.17) is 21.1 Å². The van der Waals surface area contributed by atoms with Crippen LogP contribution in [0.2, 0.25) is 5.02 Å². The van der Waals surface area contributed by atoms with Crippen LogP contribution in [-0.2, 0) is 4.79 Å². The zero-order valence-electron chi connectivity index (χ0n) is 12.9. The van der Waals surface area contributed by atoms with Gasteiger partial charge in [-0.15, -0.1) is 0 Å². The lowest BCUT2D eigenvalue weighted by atomic mass is 10.2. The van der Waals surface area contributed by atoms with Crippen LogP contribution in [0.25, 0.3) is 0 Å². The maximum Gasteiger partial charge on any atom is 0.254 e. The summed E-state index contributed by atoms with van der Waals surface area (Å²) in [4.78, 5) is 25.8. The zero-order valence-corrected chi connectivity index (χ0v) is 13.7. The summed E-state index contributed by atoms with van der Waals surface area (Å²) in [5.41, 5.74) is 0.931. The minimum Gasteiger partial charge on any atom is -0.454 e. The summed E-state index contributed by atoms with van der Waals surface area (Å²) < 4.78 is 10.5. The second kappa shape index (κ2) is 6.80. The number of nitrogens with zero attached hydrogens (tertiary/aromatic N) is 1. The first-order chi connectivity index (χ1) is 11.5. The Morgan fingerprint density at radius 1 is 1.17 bits per heavy atom. The number of hydrogen-bond donors (Lipinski definition) is 1. The molecule has 0 unspecified atom stereocenters. The number of anilines is 1.